The molecule has 1 heteroatoms. The SMILES string of the molecule is [2H]c1c([2H])c([2H])c(-c2cc(-c3c4ccccc4c(-c4c([2H])c([2H])c([2H])c([2H])c4-c4ccccc4)c4ccccc34)cc3c2oc2ccccc23)c([2H])c1[2H]. The molecular formula is C44H28O. The van der Waals surface area contributed by atoms with Crippen LogP contribution in [0.15, 0.2) is 174 Å². The molecule has 9 aromatic rings. The number of para-hydroxylation sites is 1. The van der Waals surface area contributed by atoms with Gasteiger partial charge >= 0.3 is 0 Å². The summed E-state index contributed by atoms with van der Waals surface area (Å²) in [6.45, 7) is 0. The van der Waals surface area contributed by atoms with Crippen LogP contribution in [0.25, 0.3) is 88.0 Å². The zero-order valence-electron chi connectivity index (χ0n) is 32.9. The van der Waals surface area contributed by atoms with Crippen molar-refractivity contribution in [1.29, 1.82) is 0 Å². The molecule has 9 rings (SSSR count). The fourth-order valence-corrected chi connectivity index (χ4v) is 6.57. The minimum atomic E-state index is -0.480. The Morgan fingerprint density at radius 3 is 1.62 bits per heavy atom. The molecule has 0 fully saturated rings. The molecule has 0 saturated heterocycles. The van der Waals surface area contributed by atoms with Gasteiger partial charge in [0.2, 0.25) is 0 Å². The molecule has 1 heterocycles. The Hall–Kier alpha value is -5.92. The molecule has 0 aliphatic rings. The highest BCUT2D eigenvalue weighted by Crippen LogP contribution is 2.48. The van der Waals surface area contributed by atoms with E-state index in [1.165, 1.54) is 0 Å². The average molecular weight is 582 g/mol. The molecule has 0 aliphatic heterocycles. The van der Waals surface area contributed by atoms with Crippen molar-refractivity contribution in [2.45, 2.75) is 0 Å². The number of furan rings is 1. The minimum absolute atomic E-state index is 0.0323. The van der Waals surface area contributed by atoms with Crippen LogP contribution in [0.1, 0.15) is 12.3 Å². The first kappa shape index (κ1) is 18.0. The Balaban J connectivity index is 1.46. The maximum atomic E-state index is 9.31. The van der Waals surface area contributed by atoms with Crippen LogP contribution in [-0.4, -0.2) is 0 Å². The third-order valence-electron chi connectivity index (χ3n) is 8.47. The highest BCUT2D eigenvalue weighted by molar-refractivity contribution is 6.23. The number of fused-ring (bicyclic) bond motifs is 5. The van der Waals surface area contributed by atoms with Gasteiger partial charge in [-0.1, -0.05) is 151 Å². The van der Waals surface area contributed by atoms with Crippen LogP contribution in [0.4, 0.5) is 0 Å². The Kier molecular flexibility index (Phi) is 4.15. The van der Waals surface area contributed by atoms with E-state index in [0.29, 0.717) is 49.9 Å². The van der Waals surface area contributed by atoms with Gasteiger partial charge in [-0.3, -0.25) is 0 Å². The topological polar surface area (TPSA) is 13.1 Å². The van der Waals surface area contributed by atoms with E-state index < -0.39 is 18.1 Å². The van der Waals surface area contributed by atoms with E-state index in [1.54, 1.807) is 0 Å². The smallest absolute Gasteiger partial charge is 0.143 e. The van der Waals surface area contributed by atoms with Gasteiger partial charge in [-0.2, -0.15) is 0 Å². The number of hydrogen-bond acceptors (Lipinski definition) is 1. The van der Waals surface area contributed by atoms with Gasteiger partial charge in [0.25, 0.3) is 0 Å². The van der Waals surface area contributed by atoms with E-state index >= 15 is 0 Å². The van der Waals surface area contributed by atoms with Gasteiger partial charge in [-0.25, -0.2) is 0 Å². The normalized spacial score (nSPS) is 14.4. The Morgan fingerprint density at radius 1 is 0.378 bits per heavy atom. The molecule has 0 amide bonds. The van der Waals surface area contributed by atoms with Gasteiger partial charge < -0.3 is 4.42 Å². The number of benzene rings is 8. The van der Waals surface area contributed by atoms with Crippen molar-refractivity contribution in [3.05, 3.63) is 170 Å². The van der Waals surface area contributed by atoms with Crippen LogP contribution < -0.4 is 0 Å². The van der Waals surface area contributed by atoms with Crippen LogP contribution in [0, 0.1) is 0 Å². The number of hydrogen-bond donors (Lipinski definition) is 0. The predicted molar refractivity (Wildman–Crippen MR) is 190 cm³/mol. The van der Waals surface area contributed by atoms with E-state index in [1.807, 2.05) is 115 Å². The first-order valence-electron chi connectivity index (χ1n) is 19.2. The van der Waals surface area contributed by atoms with Crippen molar-refractivity contribution in [3.8, 4) is 44.5 Å². The predicted octanol–water partition coefficient (Wildman–Crippen LogP) is 12.6. The number of rotatable bonds is 4. The van der Waals surface area contributed by atoms with Crippen LogP contribution >= 0.6 is 0 Å². The second-order valence-corrected chi connectivity index (χ2v) is 11.0. The molecular weight excluding hydrogens is 544 g/mol. The summed E-state index contributed by atoms with van der Waals surface area (Å²) in [5.74, 6) is 0. The van der Waals surface area contributed by atoms with E-state index in [0.717, 1.165) is 32.5 Å². The molecule has 0 radical (unpaired) electrons. The van der Waals surface area contributed by atoms with Crippen LogP contribution in [0.2, 0.25) is 0 Å². The van der Waals surface area contributed by atoms with Gasteiger partial charge in [0.1, 0.15) is 11.2 Å². The van der Waals surface area contributed by atoms with Gasteiger partial charge in [-0.15, -0.1) is 0 Å². The fourth-order valence-electron chi connectivity index (χ4n) is 6.57. The van der Waals surface area contributed by atoms with Gasteiger partial charge in [0.05, 0.1) is 12.3 Å². The molecule has 0 bridgehead atoms. The van der Waals surface area contributed by atoms with Crippen molar-refractivity contribution >= 4 is 43.5 Å². The summed E-state index contributed by atoms with van der Waals surface area (Å²) < 4.78 is 85.3. The van der Waals surface area contributed by atoms with Gasteiger partial charge in [0.15, 0.2) is 0 Å². The summed E-state index contributed by atoms with van der Waals surface area (Å²) in [4.78, 5) is 0. The van der Waals surface area contributed by atoms with E-state index in [-0.39, 0.29) is 41.8 Å². The zero-order chi connectivity index (χ0) is 37.6. The Labute approximate surface area is 274 Å². The summed E-state index contributed by atoms with van der Waals surface area (Å²) in [5, 5.41) is 4.64. The lowest BCUT2D eigenvalue weighted by molar-refractivity contribution is 0.670. The second-order valence-electron chi connectivity index (χ2n) is 11.0. The molecule has 0 aliphatic carbocycles. The summed E-state index contributed by atoms with van der Waals surface area (Å²) >= 11 is 0. The fraction of sp³-hybridized carbons (Fsp3) is 0. The van der Waals surface area contributed by atoms with Gasteiger partial charge in [-0.05, 0) is 78.7 Å². The van der Waals surface area contributed by atoms with Crippen LogP contribution in [-0.2, 0) is 0 Å². The summed E-state index contributed by atoms with van der Waals surface area (Å²) in [6.07, 6.45) is 0. The second kappa shape index (κ2) is 10.4. The van der Waals surface area contributed by atoms with Crippen molar-refractivity contribution in [1.82, 2.24) is 0 Å². The quantitative estimate of drug-likeness (QED) is 0.188. The Bertz CT molecular complexity index is 2960. The van der Waals surface area contributed by atoms with Crippen molar-refractivity contribution < 1.29 is 16.8 Å². The highest BCUT2D eigenvalue weighted by atomic mass is 16.3. The monoisotopic (exact) mass is 581 g/mol. The van der Waals surface area contributed by atoms with Crippen LogP contribution in [0.3, 0.4) is 0 Å². The van der Waals surface area contributed by atoms with Crippen LogP contribution in [0.5, 0.6) is 0 Å². The average Bonchev–Trinajstić information content (AvgIpc) is 3.58. The van der Waals surface area contributed by atoms with Crippen molar-refractivity contribution in [2.75, 3.05) is 0 Å². The molecule has 1 aromatic heterocycles. The van der Waals surface area contributed by atoms with Crippen molar-refractivity contribution in [3.63, 3.8) is 0 Å². The molecule has 0 unspecified atom stereocenters. The lowest BCUT2D eigenvalue weighted by Gasteiger charge is -2.20. The molecule has 210 valence electrons. The molecule has 1 nitrogen and oxygen atoms in total. The maximum Gasteiger partial charge on any atom is 0.143 e. The summed E-state index contributed by atoms with van der Waals surface area (Å²) in [6, 6.07) is 33.2. The zero-order valence-corrected chi connectivity index (χ0v) is 23.9. The highest BCUT2D eigenvalue weighted by Gasteiger charge is 2.21. The standard InChI is InChI=1S/C44H28O/c1-3-15-29(16-4-1)32-19-7-8-21-34(32)43-37-24-11-9-22-35(37)42(36-23-10-12-25-38(36)43)31-27-39(30-17-5-2-6-18-30)44-40(28-31)33-20-13-14-26-41(33)45-44/h1-28H/i2D,5D,6D,7D,8D,17D,18D,19D,21D. The summed E-state index contributed by atoms with van der Waals surface area (Å²) in [5.41, 5.74) is 5.03. The van der Waals surface area contributed by atoms with E-state index in [2.05, 4.69) is 0 Å². The van der Waals surface area contributed by atoms with E-state index in [9.17, 15) is 1.37 Å². The Morgan fingerprint density at radius 2 is 0.933 bits per heavy atom. The largest absolute Gasteiger partial charge is 0.455 e. The van der Waals surface area contributed by atoms with E-state index in [4.69, 9.17) is 15.4 Å². The molecule has 0 atom stereocenters. The molecule has 0 spiro atoms. The molecule has 8 aromatic carbocycles. The third kappa shape index (κ3) is 4.09. The summed E-state index contributed by atoms with van der Waals surface area (Å²) in [7, 11) is 0. The first-order chi connectivity index (χ1) is 26.1. The molecule has 0 saturated carbocycles. The third-order valence-corrected chi connectivity index (χ3v) is 8.47. The maximum absolute atomic E-state index is 9.31. The molecule has 0 N–H and O–H groups in total. The minimum Gasteiger partial charge on any atom is -0.455 e. The molecule has 45 heavy (non-hydrogen) atoms. The lowest BCUT2D eigenvalue weighted by atomic mass is 9.83. The van der Waals surface area contributed by atoms with Crippen molar-refractivity contribution in [2.24, 2.45) is 0 Å². The van der Waals surface area contributed by atoms with Gasteiger partial charge in [0, 0.05) is 16.3 Å². The first-order valence-corrected chi connectivity index (χ1v) is 14.7. The lowest BCUT2D eigenvalue weighted by Crippen LogP contribution is -1.93.